The molecule has 0 aliphatic heterocycles. The van der Waals surface area contributed by atoms with Crippen LogP contribution in [0.1, 0.15) is 18.1 Å². The Morgan fingerprint density at radius 1 is 1.21 bits per heavy atom. The Morgan fingerprint density at radius 2 is 2.00 bits per heavy atom. The predicted octanol–water partition coefficient (Wildman–Crippen LogP) is 2.57. The predicted molar refractivity (Wildman–Crippen MR) is 58.6 cm³/mol. The minimum absolute atomic E-state index is 1.11. The third-order valence-corrected chi connectivity index (χ3v) is 3.17. The van der Waals surface area contributed by atoms with Gasteiger partial charge in [-0.05, 0) is 24.5 Å². The highest BCUT2D eigenvalue weighted by molar-refractivity contribution is 6.21. The first-order valence-corrected chi connectivity index (χ1v) is 4.96. The highest BCUT2D eigenvalue weighted by Crippen LogP contribution is 2.49. The molecule has 3 rings (SSSR count). The van der Waals surface area contributed by atoms with Crippen molar-refractivity contribution in [2.75, 3.05) is 7.05 Å². The van der Waals surface area contributed by atoms with Gasteiger partial charge in [0.05, 0.1) is 11.6 Å². The Labute approximate surface area is 84.2 Å². The van der Waals surface area contributed by atoms with Gasteiger partial charge < -0.3 is 0 Å². The Kier molecular flexibility index (Phi) is 1.46. The second-order valence-corrected chi connectivity index (χ2v) is 3.88. The van der Waals surface area contributed by atoms with Gasteiger partial charge in [0.25, 0.3) is 0 Å². The summed E-state index contributed by atoms with van der Waals surface area (Å²) in [6, 6.07) is 8.57. The molecule has 0 amide bonds. The number of fused-ring (bicyclic) bond motifs is 2. The van der Waals surface area contributed by atoms with E-state index in [4.69, 9.17) is 0 Å². The molecule has 1 aromatic carbocycles. The van der Waals surface area contributed by atoms with Crippen molar-refractivity contribution in [3.05, 3.63) is 52.5 Å². The number of rotatable bonds is 0. The smallest absolute Gasteiger partial charge is 0.0739 e. The van der Waals surface area contributed by atoms with E-state index in [1.54, 1.807) is 0 Å². The van der Waals surface area contributed by atoms with Crippen molar-refractivity contribution in [2.24, 2.45) is 4.99 Å². The molecule has 69 valence electrons. The zero-order chi connectivity index (χ0) is 9.71. The van der Waals surface area contributed by atoms with E-state index < -0.39 is 0 Å². The number of allylic oxidation sites excluding steroid dienone is 2. The molecular weight excluding hydrogens is 170 g/mol. The van der Waals surface area contributed by atoms with Gasteiger partial charge in [0.15, 0.2) is 0 Å². The van der Waals surface area contributed by atoms with Crippen LogP contribution in [0.2, 0.25) is 0 Å². The standard InChI is InChI=1S/C13H12N/c1-8-11-7-9-5-3-4-6-10(9)13(14-2)12(8)11/h3-6H,7H2,1-2H3. The molecule has 2 aliphatic carbocycles. The van der Waals surface area contributed by atoms with Crippen molar-refractivity contribution in [2.45, 2.75) is 13.3 Å². The Balaban J connectivity index is 2.18. The summed E-state index contributed by atoms with van der Waals surface area (Å²) in [6.45, 7) is 2.20. The second kappa shape index (κ2) is 2.57. The summed E-state index contributed by atoms with van der Waals surface area (Å²) in [4.78, 5) is 4.40. The van der Waals surface area contributed by atoms with Gasteiger partial charge in [-0.1, -0.05) is 29.8 Å². The van der Waals surface area contributed by atoms with Gasteiger partial charge in [0, 0.05) is 12.6 Å². The van der Waals surface area contributed by atoms with Crippen molar-refractivity contribution in [1.82, 2.24) is 0 Å². The summed E-state index contributed by atoms with van der Waals surface area (Å²) >= 11 is 0. The van der Waals surface area contributed by atoms with Crippen LogP contribution in [0, 0.1) is 5.92 Å². The molecule has 0 aromatic heterocycles. The topological polar surface area (TPSA) is 12.4 Å². The van der Waals surface area contributed by atoms with Gasteiger partial charge in [-0.2, -0.15) is 0 Å². The van der Waals surface area contributed by atoms with Crippen LogP contribution in [0.4, 0.5) is 0 Å². The summed E-state index contributed by atoms with van der Waals surface area (Å²) in [7, 11) is 1.88. The zero-order valence-electron chi connectivity index (χ0n) is 8.46. The van der Waals surface area contributed by atoms with E-state index in [0.717, 1.165) is 6.42 Å². The average Bonchev–Trinajstić information content (AvgIpc) is 2.86. The van der Waals surface area contributed by atoms with Crippen LogP contribution < -0.4 is 0 Å². The number of hydrogen-bond donors (Lipinski definition) is 0. The largest absolute Gasteiger partial charge is 0.291 e. The third kappa shape index (κ3) is 0.872. The van der Waals surface area contributed by atoms with Gasteiger partial charge in [0.2, 0.25) is 0 Å². The Hall–Kier alpha value is -1.37. The first kappa shape index (κ1) is 7.98. The molecule has 1 heteroatoms. The Bertz CT molecular complexity index is 466. The number of nitrogens with zero attached hydrogens (tertiary/aromatic N) is 1. The maximum atomic E-state index is 4.40. The minimum Gasteiger partial charge on any atom is -0.291 e. The molecule has 0 heterocycles. The summed E-state index contributed by atoms with van der Waals surface area (Å²) in [5, 5.41) is 0. The van der Waals surface area contributed by atoms with E-state index in [2.05, 4.69) is 36.2 Å². The molecule has 0 unspecified atom stereocenters. The molecule has 0 bridgehead atoms. The maximum absolute atomic E-state index is 4.40. The van der Waals surface area contributed by atoms with E-state index >= 15 is 0 Å². The van der Waals surface area contributed by atoms with Gasteiger partial charge in [-0.15, -0.1) is 0 Å². The molecule has 0 fully saturated rings. The van der Waals surface area contributed by atoms with Gasteiger partial charge in [-0.25, -0.2) is 0 Å². The fourth-order valence-corrected chi connectivity index (χ4v) is 2.34. The molecular formula is C13H12N. The molecule has 0 atom stereocenters. The summed E-state index contributed by atoms with van der Waals surface area (Å²) < 4.78 is 0. The maximum Gasteiger partial charge on any atom is 0.0739 e. The molecule has 1 radical (unpaired) electrons. The van der Waals surface area contributed by atoms with Crippen molar-refractivity contribution in [3.63, 3.8) is 0 Å². The molecule has 1 nitrogen and oxygen atoms in total. The fraction of sp³-hybridized carbons (Fsp3) is 0.231. The fourth-order valence-electron chi connectivity index (χ4n) is 2.34. The summed E-state index contributed by atoms with van der Waals surface area (Å²) in [5.74, 6) is 1.42. The van der Waals surface area contributed by atoms with Crippen LogP contribution in [0.5, 0.6) is 0 Å². The molecule has 1 aromatic rings. The number of benzene rings is 1. The first-order valence-electron chi connectivity index (χ1n) is 4.96. The van der Waals surface area contributed by atoms with E-state index in [-0.39, 0.29) is 0 Å². The van der Waals surface area contributed by atoms with Crippen LogP contribution in [0.3, 0.4) is 0 Å². The molecule has 0 spiro atoms. The highest BCUT2D eigenvalue weighted by atomic mass is 14.7. The lowest BCUT2D eigenvalue weighted by Gasteiger charge is -2.16. The van der Waals surface area contributed by atoms with E-state index in [9.17, 15) is 0 Å². The van der Waals surface area contributed by atoms with Gasteiger partial charge >= 0.3 is 0 Å². The molecule has 0 saturated heterocycles. The summed E-state index contributed by atoms with van der Waals surface area (Å²) in [6.07, 6.45) is 1.11. The van der Waals surface area contributed by atoms with Crippen LogP contribution in [-0.4, -0.2) is 12.8 Å². The third-order valence-electron chi connectivity index (χ3n) is 3.17. The number of aliphatic imine (C=N–C) groups is 1. The van der Waals surface area contributed by atoms with Crippen molar-refractivity contribution >= 4 is 5.71 Å². The lowest BCUT2D eigenvalue weighted by Crippen LogP contribution is -2.13. The Morgan fingerprint density at radius 3 is 2.79 bits per heavy atom. The zero-order valence-corrected chi connectivity index (χ0v) is 8.46. The lowest BCUT2D eigenvalue weighted by atomic mass is 9.89. The van der Waals surface area contributed by atoms with Crippen LogP contribution in [-0.2, 0) is 6.42 Å². The lowest BCUT2D eigenvalue weighted by molar-refractivity contribution is 1.17. The van der Waals surface area contributed by atoms with Crippen molar-refractivity contribution < 1.29 is 0 Å². The van der Waals surface area contributed by atoms with Crippen LogP contribution >= 0.6 is 0 Å². The van der Waals surface area contributed by atoms with Gasteiger partial charge in [0.1, 0.15) is 0 Å². The van der Waals surface area contributed by atoms with Crippen LogP contribution in [0.15, 0.2) is 40.4 Å². The van der Waals surface area contributed by atoms with Crippen molar-refractivity contribution in [3.8, 4) is 0 Å². The van der Waals surface area contributed by atoms with E-state index in [0.29, 0.717) is 0 Å². The average molecular weight is 182 g/mol. The normalized spacial score (nSPS) is 22.3. The second-order valence-electron chi connectivity index (χ2n) is 3.88. The molecule has 0 saturated carbocycles. The van der Waals surface area contributed by atoms with E-state index in [1.807, 2.05) is 7.05 Å². The van der Waals surface area contributed by atoms with Crippen molar-refractivity contribution in [1.29, 1.82) is 0 Å². The molecule has 0 N–H and O–H groups in total. The minimum atomic E-state index is 1.11. The molecule has 14 heavy (non-hydrogen) atoms. The first-order chi connectivity index (χ1) is 6.83. The van der Waals surface area contributed by atoms with Gasteiger partial charge in [-0.3, -0.25) is 4.99 Å². The molecule has 2 aliphatic rings. The summed E-state index contributed by atoms with van der Waals surface area (Å²) in [5.41, 5.74) is 6.92. The monoisotopic (exact) mass is 182 g/mol. The van der Waals surface area contributed by atoms with Crippen LogP contribution in [0.25, 0.3) is 0 Å². The quantitative estimate of drug-likeness (QED) is 0.584. The SMILES string of the molecule is CN=C1[C]2C(C)=C2Cc2ccccc21. The highest BCUT2D eigenvalue weighted by Gasteiger charge is 2.42. The number of hydrogen-bond acceptors (Lipinski definition) is 1. The van der Waals surface area contributed by atoms with E-state index in [1.165, 1.54) is 33.9 Å².